The fraction of sp³-hybridized carbons (Fsp3) is 0.250. The van der Waals surface area contributed by atoms with E-state index in [0.29, 0.717) is 6.54 Å². The Morgan fingerprint density at radius 2 is 1.95 bits per heavy atom. The molecule has 1 unspecified atom stereocenters. The Bertz CT molecular complexity index is 540. The van der Waals surface area contributed by atoms with Gasteiger partial charge >= 0.3 is 0 Å². The fourth-order valence-electron chi connectivity index (χ4n) is 1.94. The molecule has 2 aromatic rings. The van der Waals surface area contributed by atoms with Crippen LogP contribution in [0.4, 0.5) is 5.69 Å². The van der Waals surface area contributed by atoms with E-state index in [-0.39, 0.29) is 0 Å². The molecule has 0 amide bonds. The number of aryl methyl sites for hydroxylation is 1. The predicted molar refractivity (Wildman–Crippen MR) is 77.6 cm³/mol. The first kappa shape index (κ1) is 13.4. The van der Waals surface area contributed by atoms with Gasteiger partial charge in [0.1, 0.15) is 5.75 Å². The van der Waals surface area contributed by atoms with Crippen LogP contribution < -0.4 is 10.1 Å². The lowest BCUT2D eigenvalue weighted by Crippen LogP contribution is -2.12. The SMILES string of the molecule is COc1cccc(NCC(O)c2cccc(C)c2)c1. The van der Waals surface area contributed by atoms with Crippen molar-refractivity contribution in [2.24, 2.45) is 0 Å². The summed E-state index contributed by atoms with van der Waals surface area (Å²) in [5.74, 6) is 0.801. The van der Waals surface area contributed by atoms with E-state index in [1.54, 1.807) is 7.11 Å². The Kier molecular flexibility index (Phi) is 4.42. The summed E-state index contributed by atoms with van der Waals surface area (Å²) in [4.78, 5) is 0. The molecule has 0 fully saturated rings. The number of methoxy groups -OCH3 is 1. The number of nitrogens with one attached hydrogen (secondary N) is 1. The molecule has 0 heterocycles. The molecule has 2 N–H and O–H groups in total. The average Bonchev–Trinajstić information content (AvgIpc) is 2.45. The summed E-state index contributed by atoms with van der Waals surface area (Å²) < 4.78 is 5.16. The van der Waals surface area contributed by atoms with E-state index < -0.39 is 6.10 Å². The van der Waals surface area contributed by atoms with Crippen LogP contribution in [0.15, 0.2) is 48.5 Å². The maximum atomic E-state index is 10.1. The lowest BCUT2D eigenvalue weighted by molar-refractivity contribution is 0.191. The molecule has 3 nitrogen and oxygen atoms in total. The molecule has 0 bridgehead atoms. The average molecular weight is 257 g/mol. The third-order valence-electron chi connectivity index (χ3n) is 3.00. The minimum Gasteiger partial charge on any atom is -0.497 e. The summed E-state index contributed by atoms with van der Waals surface area (Å²) >= 11 is 0. The quantitative estimate of drug-likeness (QED) is 0.864. The number of ether oxygens (including phenoxy) is 1. The molecule has 3 heteroatoms. The lowest BCUT2D eigenvalue weighted by Gasteiger charge is -2.14. The van der Waals surface area contributed by atoms with Crippen LogP contribution in [-0.2, 0) is 0 Å². The van der Waals surface area contributed by atoms with Gasteiger partial charge in [-0.1, -0.05) is 35.9 Å². The summed E-state index contributed by atoms with van der Waals surface area (Å²) in [7, 11) is 1.64. The van der Waals surface area contributed by atoms with Gasteiger partial charge in [0.2, 0.25) is 0 Å². The summed E-state index contributed by atoms with van der Waals surface area (Å²) in [6.45, 7) is 2.49. The first-order chi connectivity index (χ1) is 9.19. The first-order valence-corrected chi connectivity index (χ1v) is 6.31. The van der Waals surface area contributed by atoms with Gasteiger partial charge in [0.25, 0.3) is 0 Å². The molecule has 0 aliphatic rings. The number of anilines is 1. The minimum atomic E-state index is -0.522. The third kappa shape index (κ3) is 3.73. The standard InChI is InChI=1S/C16H19NO2/c1-12-5-3-6-13(9-12)16(18)11-17-14-7-4-8-15(10-14)19-2/h3-10,16-18H,11H2,1-2H3. The van der Waals surface area contributed by atoms with E-state index in [0.717, 1.165) is 22.6 Å². The van der Waals surface area contributed by atoms with Gasteiger partial charge in [0.15, 0.2) is 0 Å². The monoisotopic (exact) mass is 257 g/mol. The van der Waals surface area contributed by atoms with Gasteiger partial charge in [0.05, 0.1) is 13.2 Å². The fourth-order valence-corrected chi connectivity index (χ4v) is 1.94. The van der Waals surface area contributed by atoms with Crippen molar-refractivity contribution in [1.82, 2.24) is 0 Å². The van der Waals surface area contributed by atoms with Crippen LogP contribution in [0.3, 0.4) is 0 Å². The van der Waals surface area contributed by atoms with Gasteiger partial charge in [-0.2, -0.15) is 0 Å². The lowest BCUT2D eigenvalue weighted by atomic mass is 10.1. The zero-order chi connectivity index (χ0) is 13.7. The van der Waals surface area contributed by atoms with Crippen LogP contribution in [0, 0.1) is 6.92 Å². The smallest absolute Gasteiger partial charge is 0.120 e. The van der Waals surface area contributed by atoms with Crippen molar-refractivity contribution in [3.63, 3.8) is 0 Å². The van der Waals surface area contributed by atoms with E-state index in [1.807, 2.05) is 55.5 Å². The highest BCUT2D eigenvalue weighted by molar-refractivity contribution is 5.48. The second-order valence-corrected chi connectivity index (χ2v) is 4.54. The van der Waals surface area contributed by atoms with Crippen LogP contribution in [0.2, 0.25) is 0 Å². The summed E-state index contributed by atoms with van der Waals surface area (Å²) in [5.41, 5.74) is 3.01. The molecular formula is C16H19NO2. The number of benzene rings is 2. The molecule has 0 aromatic heterocycles. The number of aliphatic hydroxyl groups excluding tert-OH is 1. The normalized spacial score (nSPS) is 11.9. The molecule has 0 saturated heterocycles. The summed E-state index contributed by atoms with van der Waals surface area (Å²) in [6.07, 6.45) is -0.522. The van der Waals surface area contributed by atoms with Gasteiger partial charge in [0, 0.05) is 18.3 Å². The molecule has 0 radical (unpaired) electrons. The maximum Gasteiger partial charge on any atom is 0.120 e. The van der Waals surface area contributed by atoms with Crippen LogP contribution in [0.1, 0.15) is 17.2 Å². The van der Waals surface area contributed by atoms with Crippen molar-refractivity contribution in [1.29, 1.82) is 0 Å². The molecule has 0 spiro atoms. The minimum absolute atomic E-state index is 0.469. The van der Waals surface area contributed by atoms with Gasteiger partial charge in [-0.3, -0.25) is 0 Å². The van der Waals surface area contributed by atoms with Crippen LogP contribution >= 0.6 is 0 Å². The van der Waals surface area contributed by atoms with Gasteiger partial charge in [-0.25, -0.2) is 0 Å². The molecule has 0 aliphatic heterocycles. The Balaban J connectivity index is 1.98. The Morgan fingerprint density at radius 3 is 2.68 bits per heavy atom. The van der Waals surface area contributed by atoms with Crippen LogP contribution in [0.5, 0.6) is 5.75 Å². The summed E-state index contributed by atoms with van der Waals surface area (Å²) in [6, 6.07) is 15.6. The number of hydrogen-bond donors (Lipinski definition) is 2. The molecule has 19 heavy (non-hydrogen) atoms. The second-order valence-electron chi connectivity index (χ2n) is 4.54. The van der Waals surface area contributed by atoms with Crippen molar-refractivity contribution in [2.75, 3.05) is 19.0 Å². The van der Waals surface area contributed by atoms with Gasteiger partial charge in [-0.15, -0.1) is 0 Å². The van der Waals surface area contributed by atoms with Crippen molar-refractivity contribution >= 4 is 5.69 Å². The topological polar surface area (TPSA) is 41.5 Å². The molecule has 0 aliphatic carbocycles. The van der Waals surface area contributed by atoms with E-state index in [4.69, 9.17) is 4.74 Å². The highest BCUT2D eigenvalue weighted by atomic mass is 16.5. The van der Waals surface area contributed by atoms with Crippen molar-refractivity contribution in [3.8, 4) is 5.75 Å². The number of rotatable bonds is 5. The van der Waals surface area contributed by atoms with E-state index in [2.05, 4.69) is 5.32 Å². The van der Waals surface area contributed by atoms with Crippen molar-refractivity contribution < 1.29 is 9.84 Å². The third-order valence-corrected chi connectivity index (χ3v) is 3.00. The molecule has 2 rings (SSSR count). The van der Waals surface area contributed by atoms with E-state index in [1.165, 1.54) is 0 Å². The molecular weight excluding hydrogens is 238 g/mol. The maximum absolute atomic E-state index is 10.1. The van der Waals surface area contributed by atoms with E-state index >= 15 is 0 Å². The highest BCUT2D eigenvalue weighted by Gasteiger charge is 2.07. The van der Waals surface area contributed by atoms with Crippen molar-refractivity contribution in [3.05, 3.63) is 59.7 Å². The van der Waals surface area contributed by atoms with Gasteiger partial charge < -0.3 is 15.2 Å². The largest absolute Gasteiger partial charge is 0.497 e. The Hall–Kier alpha value is -2.00. The molecule has 2 aromatic carbocycles. The highest BCUT2D eigenvalue weighted by Crippen LogP contribution is 2.19. The number of hydrogen-bond acceptors (Lipinski definition) is 3. The van der Waals surface area contributed by atoms with Crippen LogP contribution in [0.25, 0.3) is 0 Å². The molecule has 100 valence electrons. The Morgan fingerprint density at radius 1 is 1.16 bits per heavy atom. The van der Waals surface area contributed by atoms with E-state index in [9.17, 15) is 5.11 Å². The van der Waals surface area contributed by atoms with Crippen molar-refractivity contribution in [2.45, 2.75) is 13.0 Å². The van der Waals surface area contributed by atoms with Gasteiger partial charge in [-0.05, 0) is 24.6 Å². The second kappa shape index (κ2) is 6.25. The summed E-state index contributed by atoms with van der Waals surface area (Å²) in [5, 5.41) is 13.3. The molecule has 1 atom stereocenters. The molecule has 0 saturated carbocycles. The predicted octanol–water partition coefficient (Wildman–Crippen LogP) is 3.15. The zero-order valence-corrected chi connectivity index (χ0v) is 11.3. The Labute approximate surface area is 113 Å². The first-order valence-electron chi connectivity index (χ1n) is 6.31. The number of aliphatic hydroxyl groups is 1. The van der Waals surface area contributed by atoms with Crippen LogP contribution in [-0.4, -0.2) is 18.8 Å². The zero-order valence-electron chi connectivity index (χ0n) is 11.3.